The number of rotatable bonds is 17. The second-order valence-corrected chi connectivity index (χ2v) is 12.1. The number of nitrogens with one attached hydrogen (secondary N) is 4. The molecule has 0 saturated heterocycles. The molecule has 0 aliphatic carbocycles. The smallest absolute Gasteiger partial charge is 0.290 e. The molecule has 0 fully saturated rings. The van der Waals surface area contributed by atoms with Crippen molar-refractivity contribution in [1.29, 1.82) is 0 Å². The topological polar surface area (TPSA) is 189 Å². The van der Waals surface area contributed by atoms with Gasteiger partial charge in [-0.3, -0.25) is 33.8 Å². The second kappa shape index (κ2) is 17.5. The van der Waals surface area contributed by atoms with Gasteiger partial charge in [-0.25, -0.2) is 0 Å². The summed E-state index contributed by atoms with van der Waals surface area (Å²) < 4.78 is 0. The van der Waals surface area contributed by atoms with Gasteiger partial charge in [-0.05, 0) is 46.7 Å². The van der Waals surface area contributed by atoms with Crippen molar-refractivity contribution >= 4 is 46.1 Å². The fourth-order valence-electron chi connectivity index (χ4n) is 5.03. The highest BCUT2D eigenvalue weighted by Gasteiger charge is 2.34. The molecular formula is C35H44N6O6. The van der Waals surface area contributed by atoms with Crippen LogP contribution in [0.4, 0.5) is 0 Å². The van der Waals surface area contributed by atoms with Crippen LogP contribution in [0.1, 0.15) is 51.8 Å². The van der Waals surface area contributed by atoms with E-state index in [1.807, 2.05) is 63.2 Å². The quantitative estimate of drug-likeness (QED) is 0.138. The highest BCUT2D eigenvalue weighted by molar-refractivity contribution is 6.38. The van der Waals surface area contributed by atoms with E-state index in [4.69, 9.17) is 5.73 Å². The van der Waals surface area contributed by atoms with Crippen molar-refractivity contribution in [2.75, 3.05) is 6.54 Å². The van der Waals surface area contributed by atoms with E-state index in [1.165, 1.54) is 0 Å². The van der Waals surface area contributed by atoms with Crippen molar-refractivity contribution in [3.05, 3.63) is 78.1 Å². The Labute approximate surface area is 274 Å². The summed E-state index contributed by atoms with van der Waals surface area (Å²) in [4.78, 5) is 81.2. The molecule has 0 spiro atoms. The van der Waals surface area contributed by atoms with Crippen LogP contribution < -0.4 is 27.0 Å². The van der Waals surface area contributed by atoms with Crippen LogP contribution in [0.25, 0.3) is 10.8 Å². The Morgan fingerprint density at radius 1 is 0.809 bits per heavy atom. The number of pyridine rings is 1. The van der Waals surface area contributed by atoms with Gasteiger partial charge >= 0.3 is 0 Å². The molecule has 3 aromatic rings. The summed E-state index contributed by atoms with van der Waals surface area (Å²) in [6.07, 6.45) is 2.44. The Bertz CT molecular complexity index is 1580. The summed E-state index contributed by atoms with van der Waals surface area (Å²) in [5.41, 5.74) is 6.86. The van der Waals surface area contributed by atoms with Crippen molar-refractivity contribution < 1.29 is 28.8 Å². The lowest BCUT2D eigenvalue weighted by Crippen LogP contribution is -2.57. The minimum Gasteiger partial charge on any atom is -0.368 e. The maximum atomic E-state index is 13.4. The molecule has 47 heavy (non-hydrogen) atoms. The fourth-order valence-corrected chi connectivity index (χ4v) is 5.03. The molecule has 0 bridgehead atoms. The first-order valence-electron chi connectivity index (χ1n) is 15.8. The number of primary amides is 1. The number of benzene rings is 2. The van der Waals surface area contributed by atoms with Crippen LogP contribution >= 0.6 is 0 Å². The number of carbonyl (C=O) groups excluding carboxylic acids is 6. The molecule has 0 saturated carbocycles. The maximum Gasteiger partial charge on any atom is 0.290 e. The summed E-state index contributed by atoms with van der Waals surface area (Å²) >= 11 is 0. The molecule has 12 heteroatoms. The van der Waals surface area contributed by atoms with Crippen LogP contribution in [-0.2, 0) is 41.6 Å². The summed E-state index contributed by atoms with van der Waals surface area (Å²) in [6, 6.07) is 15.3. The largest absolute Gasteiger partial charge is 0.368 e. The molecule has 12 nitrogen and oxygen atoms in total. The van der Waals surface area contributed by atoms with Gasteiger partial charge in [0, 0.05) is 18.3 Å². The Kier molecular flexibility index (Phi) is 13.6. The van der Waals surface area contributed by atoms with E-state index < -0.39 is 65.9 Å². The van der Waals surface area contributed by atoms with E-state index in [0.29, 0.717) is 18.5 Å². The molecule has 0 radical (unpaired) electrons. The molecule has 1 heterocycles. The van der Waals surface area contributed by atoms with Crippen LogP contribution in [0, 0.1) is 11.8 Å². The van der Waals surface area contributed by atoms with Crippen LogP contribution in [0.5, 0.6) is 0 Å². The van der Waals surface area contributed by atoms with Gasteiger partial charge in [-0.2, -0.15) is 0 Å². The fraction of sp³-hybridized carbons (Fsp3) is 0.400. The van der Waals surface area contributed by atoms with Crippen molar-refractivity contribution in [1.82, 2.24) is 26.3 Å². The SMILES string of the molecule is CC[C@H](C)C(NC(=O)[C@H](CC(C)C)NC(=O)Cc1ccccn1)C(=O)C(=O)NCC(=O)N[C@@H](Cc1ccc2ccccc2c1)C(N)=O. The number of ketones is 1. The molecule has 1 aromatic heterocycles. The average molecular weight is 645 g/mol. The number of aromatic nitrogens is 1. The summed E-state index contributed by atoms with van der Waals surface area (Å²) in [6.45, 7) is 6.72. The van der Waals surface area contributed by atoms with Crippen molar-refractivity contribution in [2.24, 2.45) is 17.6 Å². The molecule has 6 N–H and O–H groups in total. The van der Waals surface area contributed by atoms with E-state index in [9.17, 15) is 28.8 Å². The number of hydrogen-bond acceptors (Lipinski definition) is 7. The number of nitrogens with two attached hydrogens (primary N) is 1. The van der Waals surface area contributed by atoms with Gasteiger partial charge in [-0.15, -0.1) is 0 Å². The summed E-state index contributed by atoms with van der Waals surface area (Å²) in [5.74, 6) is -4.89. The number of carbonyl (C=O) groups is 6. The van der Waals surface area contributed by atoms with E-state index in [0.717, 1.165) is 16.3 Å². The van der Waals surface area contributed by atoms with Gasteiger partial charge in [-0.1, -0.05) is 82.6 Å². The lowest BCUT2D eigenvalue weighted by molar-refractivity contribution is -0.142. The van der Waals surface area contributed by atoms with Gasteiger partial charge in [0.1, 0.15) is 12.1 Å². The summed E-state index contributed by atoms with van der Waals surface area (Å²) in [5, 5.41) is 12.2. The molecular weight excluding hydrogens is 600 g/mol. The zero-order valence-corrected chi connectivity index (χ0v) is 27.2. The number of amides is 5. The summed E-state index contributed by atoms with van der Waals surface area (Å²) in [7, 11) is 0. The van der Waals surface area contributed by atoms with Gasteiger partial charge in [0.25, 0.3) is 5.91 Å². The third-order valence-electron chi connectivity index (χ3n) is 7.79. The van der Waals surface area contributed by atoms with E-state index in [-0.39, 0.29) is 18.8 Å². The predicted molar refractivity (Wildman–Crippen MR) is 178 cm³/mol. The van der Waals surface area contributed by atoms with Gasteiger partial charge in [0.2, 0.25) is 29.4 Å². The van der Waals surface area contributed by atoms with Crippen LogP contribution in [-0.4, -0.2) is 65.0 Å². The van der Waals surface area contributed by atoms with Crippen LogP contribution in [0.2, 0.25) is 0 Å². The van der Waals surface area contributed by atoms with E-state index >= 15 is 0 Å². The Hall–Kier alpha value is -5.13. The maximum absolute atomic E-state index is 13.4. The first kappa shape index (κ1) is 36.3. The van der Waals surface area contributed by atoms with E-state index in [1.54, 1.807) is 31.3 Å². The molecule has 3 rings (SSSR count). The third-order valence-corrected chi connectivity index (χ3v) is 7.79. The first-order valence-corrected chi connectivity index (χ1v) is 15.8. The normalized spacial score (nSPS) is 13.6. The monoisotopic (exact) mass is 644 g/mol. The highest BCUT2D eigenvalue weighted by Crippen LogP contribution is 2.17. The Morgan fingerprint density at radius 3 is 2.13 bits per heavy atom. The molecule has 2 aromatic carbocycles. The number of nitrogens with zero attached hydrogens (tertiary/aromatic N) is 1. The molecule has 4 atom stereocenters. The van der Waals surface area contributed by atoms with Crippen LogP contribution in [0.15, 0.2) is 66.9 Å². The minimum atomic E-state index is -1.20. The molecule has 0 aliphatic rings. The van der Waals surface area contributed by atoms with Gasteiger partial charge in [0.15, 0.2) is 0 Å². The zero-order chi connectivity index (χ0) is 34.5. The van der Waals surface area contributed by atoms with Gasteiger partial charge in [0.05, 0.1) is 19.0 Å². The molecule has 1 unspecified atom stereocenters. The number of hydrogen-bond donors (Lipinski definition) is 5. The number of fused-ring (bicyclic) bond motifs is 1. The highest BCUT2D eigenvalue weighted by atomic mass is 16.2. The Morgan fingerprint density at radius 2 is 1.49 bits per heavy atom. The zero-order valence-electron chi connectivity index (χ0n) is 27.2. The predicted octanol–water partition coefficient (Wildman–Crippen LogP) is 1.74. The first-order chi connectivity index (χ1) is 22.4. The van der Waals surface area contributed by atoms with Gasteiger partial charge < -0.3 is 27.0 Å². The standard InChI is InChI=1S/C35H44N6O6/c1-5-22(4)31(41-34(46)28(16-21(2)3)40-29(42)19-26-12-8-9-15-37-26)32(44)35(47)38-20-30(43)39-27(33(36)45)18-23-13-14-24-10-6-7-11-25(24)17-23/h6-15,17,21-22,27-28,31H,5,16,18-20H2,1-4H3,(H2,36,45)(H,38,47)(H,39,43)(H,40,42)(H,41,46)/t22-,27-,28-,31?/m0/s1. The van der Waals surface area contributed by atoms with Crippen molar-refractivity contribution in [2.45, 2.75) is 71.5 Å². The van der Waals surface area contributed by atoms with Crippen molar-refractivity contribution in [3.8, 4) is 0 Å². The Balaban J connectivity index is 1.60. The second-order valence-electron chi connectivity index (χ2n) is 12.1. The molecule has 0 aliphatic heterocycles. The average Bonchev–Trinajstić information content (AvgIpc) is 3.04. The minimum absolute atomic E-state index is 0.0280. The van der Waals surface area contributed by atoms with Crippen LogP contribution in [0.3, 0.4) is 0 Å². The molecule has 5 amide bonds. The van der Waals surface area contributed by atoms with Crippen molar-refractivity contribution in [3.63, 3.8) is 0 Å². The van der Waals surface area contributed by atoms with E-state index in [2.05, 4.69) is 26.3 Å². The molecule has 250 valence electrons. The number of Topliss-reactive ketones (excluding diaryl/α,β-unsaturated/α-hetero) is 1. The third kappa shape index (κ3) is 11.3. The lowest BCUT2D eigenvalue weighted by atomic mass is 9.93. The lowest BCUT2D eigenvalue weighted by Gasteiger charge is -2.26.